The highest BCUT2D eigenvalue weighted by Crippen LogP contribution is 2.67. The molecule has 5 aliphatic rings. The molecule has 0 N–H and O–H groups in total. The van der Waals surface area contributed by atoms with E-state index in [-0.39, 0.29) is 0 Å². The van der Waals surface area contributed by atoms with Gasteiger partial charge in [-0.15, -0.1) is 0 Å². The summed E-state index contributed by atoms with van der Waals surface area (Å²) in [5.74, 6) is 1.68. The van der Waals surface area contributed by atoms with Gasteiger partial charge in [0.15, 0.2) is 0 Å². The first-order valence-corrected chi connectivity index (χ1v) is 31.6. The second-order valence-corrected chi connectivity index (χ2v) is 24.9. The van der Waals surface area contributed by atoms with Gasteiger partial charge in [0.2, 0.25) is 0 Å². The fraction of sp³-hybridized carbons (Fsp3) is 0.0337. The number of rotatable bonds is 8. The maximum absolute atomic E-state index is 7.31. The van der Waals surface area contributed by atoms with Crippen LogP contribution >= 0.6 is 0 Å². The minimum Gasteiger partial charge on any atom is -0.455 e. The van der Waals surface area contributed by atoms with Gasteiger partial charge in [-0.3, -0.25) is 0 Å². The Hall–Kier alpha value is -11.6. The predicted molar refractivity (Wildman–Crippen MR) is 375 cm³/mol. The lowest BCUT2D eigenvalue weighted by atomic mass is 9.65. The highest BCUT2D eigenvalue weighted by Gasteiger charge is 2.54. The van der Waals surface area contributed by atoms with E-state index >= 15 is 0 Å². The average Bonchev–Trinajstić information content (AvgIpc) is 1.57. The van der Waals surface area contributed by atoms with Crippen LogP contribution in [0.2, 0.25) is 0 Å². The molecule has 0 saturated carbocycles. The van der Waals surface area contributed by atoms with Gasteiger partial charge in [-0.2, -0.15) is 0 Å². The molecular formula is C89H57NO. The van der Waals surface area contributed by atoms with Gasteiger partial charge in [0.25, 0.3) is 0 Å². The van der Waals surface area contributed by atoms with E-state index in [0.29, 0.717) is 0 Å². The maximum Gasteiger partial charge on any atom is 0.140 e. The minimum absolute atomic E-state index is 0.532. The van der Waals surface area contributed by atoms with Crippen molar-refractivity contribution in [2.45, 2.75) is 16.2 Å². The van der Waals surface area contributed by atoms with Crippen molar-refractivity contribution in [1.29, 1.82) is 0 Å². The summed E-state index contributed by atoms with van der Waals surface area (Å²) in [6.07, 6.45) is 3.85. The third kappa shape index (κ3) is 6.65. The van der Waals surface area contributed by atoms with Crippen LogP contribution in [0.4, 0.5) is 17.1 Å². The monoisotopic (exact) mass is 1160 g/mol. The van der Waals surface area contributed by atoms with E-state index in [2.05, 4.69) is 327 Å². The molecule has 1 unspecified atom stereocenters. The molecule has 0 fully saturated rings. The zero-order chi connectivity index (χ0) is 60.2. The molecule has 424 valence electrons. The quantitative estimate of drug-likeness (QED) is 0.150. The van der Waals surface area contributed by atoms with Crippen molar-refractivity contribution in [3.05, 3.63) is 400 Å². The van der Waals surface area contributed by atoms with E-state index in [1.165, 1.54) is 100 Å². The first-order valence-electron chi connectivity index (χ1n) is 31.6. The molecular weight excluding hydrogens is 1100 g/mol. The van der Waals surface area contributed by atoms with Gasteiger partial charge in [-0.05, 0) is 153 Å². The third-order valence-corrected chi connectivity index (χ3v) is 21.0. The summed E-state index contributed by atoms with van der Waals surface area (Å²) < 4.78 is 7.31. The van der Waals surface area contributed by atoms with Gasteiger partial charge >= 0.3 is 0 Å². The Morgan fingerprint density at radius 3 is 1.44 bits per heavy atom. The number of benzene rings is 14. The molecule has 2 spiro atoms. The van der Waals surface area contributed by atoms with Crippen LogP contribution in [0.5, 0.6) is 11.5 Å². The minimum atomic E-state index is -0.739. The van der Waals surface area contributed by atoms with E-state index < -0.39 is 16.2 Å². The number of hydrogen-bond acceptors (Lipinski definition) is 2. The Kier molecular flexibility index (Phi) is 10.9. The lowest BCUT2D eigenvalue weighted by Crippen LogP contribution is -2.32. The van der Waals surface area contributed by atoms with Gasteiger partial charge in [-0.1, -0.05) is 298 Å². The normalized spacial score (nSPS) is 15.4. The number of fused-ring (bicyclic) bond motifs is 24. The van der Waals surface area contributed by atoms with E-state index in [9.17, 15) is 0 Å². The topological polar surface area (TPSA) is 12.5 Å². The lowest BCUT2D eigenvalue weighted by molar-refractivity contribution is 0.440. The van der Waals surface area contributed by atoms with E-state index in [1.54, 1.807) is 0 Å². The first-order chi connectivity index (χ1) is 45.1. The molecule has 91 heavy (non-hydrogen) atoms. The Morgan fingerprint density at radius 2 is 0.780 bits per heavy atom. The standard InChI is InChI=1S/C89H57NO/c1-3-56-46-50-80-85(64(56)4-2)91-86-65-32-12-11-25-57(65)47-51-81(86)89(80)76-41-21-15-35-68(76)70-49-45-59(54-82(70)89)58-26-23-31-62(53-58)90(63-48-52-78-72(55-63)69-36-16-18-38-73(69)87(78,60-27-7-5-8-28-60)61-29-9-6-10-30-61)83-44-24-43-79-84(83)71-37-17-22-42-77(71)88(79)74-39-19-13-33-66(74)67-34-14-20-40-75(67)88/h3-55H,1-2H2. The Labute approximate surface area is 530 Å². The lowest BCUT2D eigenvalue weighted by Gasteiger charge is -2.40. The zero-order valence-corrected chi connectivity index (χ0v) is 49.9. The first kappa shape index (κ1) is 51.5. The number of anilines is 3. The molecule has 14 aromatic carbocycles. The number of nitrogens with zero attached hydrogens (tertiary/aromatic N) is 1. The molecule has 0 amide bonds. The fourth-order valence-electron chi connectivity index (χ4n) is 17.5. The van der Waals surface area contributed by atoms with Gasteiger partial charge in [0.05, 0.1) is 21.9 Å². The molecule has 2 nitrogen and oxygen atoms in total. The van der Waals surface area contributed by atoms with Gasteiger partial charge < -0.3 is 9.64 Å². The highest BCUT2D eigenvalue weighted by molar-refractivity contribution is 6.03. The molecule has 0 radical (unpaired) electrons. The van der Waals surface area contributed by atoms with Crippen LogP contribution in [-0.2, 0) is 16.2 Å². The number of hydrogen-bond donors (Lipinski definition) is 0. The van der Waals surface area contributed by atoms with Gasteiger partial charge in [0.1, 0.15) is 11.5 Å². The molecule has 14 aromatic rings. The summed E-state index contributed by atoms with van der Waals surface area (Å²) in [6.45, 7) is 8.64. The van der Waals surface area contributed by atoms with Crippen molar-refractivity contribution in [2.75, 3.05) is 4.90 Å². The van der Waals surface area contributed by atoms with Crippen LogP contribution in [0.1, 0.15) is 77.9 Å². The summed E-state index contributed by atoms with van der Waals surface area (Å²) >= 11 is 0. The summed E-state index contributed by atoms with van der Waals surface area (Å²) in [7, 11) is 0. The second-order valence-electron chi connectivity index (χ2n) is 24.9. The zero-order valence-electron chi connectivity index (χ0n) is 49.9. The molecule has 1 aliphatic heterocycles. The van der Waals surface area contributed by atoms with Crippen molar-refractivity contribution in [1.82, 2.24) is 0 Å². The van der Waals surface area contributed by atoms with Crippen molar-refractivity contribution in [2.24, 2.45) is 0 Å². The van der Waals surface area contributed by atoms with Crippen molar-refractivity contribution in [3.8, 4) is 67.1 Å². The van der Waals surface area contributed by atoms with Crippen LogP contribution in [0.15, 0.2) is 323 Å². The summed E-state index contributed by atoms with van der Waals surface area (Å²) in [4.78, 5) is 2.56. The molecule has 1 atom stereocenters. The Balaban J connectivity index is 0.864. The van der Waals surface area contributed by atoms with Crippen LogP contribution < -0.4 is 9.64 Å². The van der Waals surface area contributed by atoms with Gasteiger partial charge in [-0.25, -0.2) is 0 Å². The third-order valence-electron chi connectivity index (χ3n) is 21.0. The summed E-state index contributed by atoms with van der Waals surface area (Å²) in [6, 6.07) is 116. The summed E-state index contributed by atoms with van der Waals surface area (Å²) in [5, 5.41) is 2.20. The van der Waals surface area contributed by atoms with Crippen molar-refractivity contribution >= 4 is 40.0 Å². The molecule has 0 aromatic heterocycles. The largest absolute Gasteiger partial charge is 0.455 e. The highest BCUT2D eigenvalue weighted by atomic mass is 16.5. The SMILES string of the molecule is C=Cc1ccc2c(c1C=C)Oc1c(ccc3ccccc13)C21c2ccccc2-c2ccc(-c3cccc(N(c4ccc5c(c4)-c4ccccc4C5(c4ccccc4)c4ccccc4)c4cccc5c4-c4ccccc4C54c5ccccc5-c5ccccc54)c3)cc21. The molecule has 4 aliphatic carbocycles. The number of ether oxygens (including phenoxy) is 1. The Bertz CT molecular complexity index is 5370. The summed E-state index contributed by atoms with van der Waals surface area (Å²) in [5.41, 5.74) is 30.4. The smallest absolute Gasteiger partial charge is 0.140 e. The van der Waals surface area contributed by atoms with Crippen molar-refractivity contribution < 1.29 is 4.74 Å². The van der Waals surface area contributed by atoms with E-state index in [0.717, 1.165) is 72.7 Å². The average molecular weight is 1160 g/mol. The van der Waals surface area contributed by atoms with Crippen LogP contribution in [0, 0.1) is 0 Å². The molecule has 19 rings (SSSR count). The molecule has 0 saturated heterocycles. The van der Waals surface area contributed by atoms with Crippen LogP contribution in [0.25, 0.3) is 78.6 Å². The van der Waals surface area contributed by atoms with Crippen molar-refractivity contribution in [3.63, 3.8) is 0 Å². The fourth-order valence-corrected chi connectivity index (χ4v) is 17.5. The molecule has 0 bridgehead atoms. The van der Waals surface area contributed by atoms with Gasteiger partial charge in [0, 0.05) is 39.0 Å². The van der Waals surface area contributed by atoms with Crippen LogP contribution in [-0.4, -0.2) is 0 Å². The van der Waals surface area contributed by atoms with E-state index in [4.69, 9.17) is 4.74 Å². The molecule has 1 heterocycles. The van der Waals surface area contributed by atoms with E-state index in [1.807, 2.05) is 12.2 Å². The van der Waals surface area contributed by atoms with Crippen LogP contribution in [0.3, 0.4) is 0 Å². The molecule has 2 heteroatoms. The maximum atomic E-state index is 7.31. The Morgan fingerprint density at radius 1 is 0.297 bits per heavy atom. The second kappa shape index (κ2) is 19.2. The predicted octanol–water partition coefficient (Wildman–Crippen LogP) is 22.4.